The molecule has 0 N–H and O–H groups in total. The van der Waals surface area contributed by atoms with E-state index in [4.69, 9.17) is 11.6 Å². The molecular formula is C17H9ClF3N5. The van der Waals surface area contributed by atoms with Crippen molar-refractivity contribution in [1.29, 1.82) is 0 Å². The van der Waals surface area contributed by atoms with Gasteiger partial charge in [0.1, 0.15) is 5.69 Å². The Bertz CT molecular complexity index is 1110. The van der Waals surface area contributed by atoms with Gasteiger partial charge in [0, 0.05) is 17.1 Å². The van der Waals surface area contributed by atoms with Crippen LogP contribution in [0.25, 0.3) is 28.0 Å². The van der Waals surface area contributed by atoms with E-state index in [9.17, 15) is 13.2 Å². The number of aromatic nitrogens is 5. The maximum Gasteiger partial charge on any atom is 0.433 e. The van der Waals surface area contributed by atoms with Crippen molar-refractivity contribution in [1.82, 2.24) is 24.7 Å². The molecule has 3 aromatic heterocycles. The van der Waals surface area contributed by atoms with Gasteiger partial charge in [-0.1, -0.05) is 18.2 Å². The summed E-state index contributed by atoms with van der Waals surface area (Å²) in [6.45, 7) is 0. The topological polar surface area (TPSA) is 56.5 Å². The first kappa shape index (κ1) is 16.5. The largest absolute Gasteiger partial charge is 0.433 e. The fourth-order valence-corrected chi connectivity index (χ4v) is 2.70. The van der Waals surface area contributed by atoms with Gasteiger partial charge in [-0.25, -0.2) is 19.6 Å². The van der Waals surface area contributed by atoms with Crippen LogP contribution in [0.2, 0.25) is 5.28 Å². The molecule has 3 heterocycles. The summed E-state index contributed by atoms with van der Waals surface area (Å²) in [5.74, 6) is 0.0766. The SMILES string of the molecule is FC(F)(F)c1cccc(-n2ncc3ccc(-c4ccnc(Cl)n4)cc32)n1. The van der Waals surface area contributed by atoms with Crippen LogP contribution in [0.15, 0.2) is 54.9 Å². The molecule has 0 unspecified atom stereocenters. The van der Waals surface area contributed by atoms with E-state index in [1.807, 2.05) is 6.07 Å². The maximum atomic E-state index is 12.9. The lowest BCUT2D eigenvalue weighted by Gasteiger charge is -2.09. The van der Waals surface area contributed by atoms with Gasteiger partial charge in [-0.2, -0.15) is 18.3 Å². The Morgan fingerprint density at radius 2 is 1.85 bits per heavy atom. The Morgan fingerprint density at radius 1 is 1.00 bits per heavy atom. The van der Waals surface area contributed by atoms with Gasteiger partial charge < -0.3 is 0 Å². The normalized spacial score (nSPS) is 11.8. The van der Waals surface area contributed by atoms with E-state index in [0.29, 0.717) is 11.2 Å². The van der Waals surface area contributed by atoms with Crippen LogP contribution in [0.5, 0.6) is 0 Å². The quantitative estimate of drug-likeness (QED) is 0.482. The number of pyridine rings is 1. The minimum atomic E-state index is -4.53. The summed E-state index contributed by atoms with van der Waals surface area (Å²) >= 11 is 5.82. The fourth-order valence-electron chi connectivity index (χ4n) is 2.56. The molecule has 0 atom stereocenters. The molecule has 130 valence electrons. The van der Waals surface area contributed by atoms with Crippen LogP contribution in [0, 0.1) is 0 Å². The van der Waals surface area contributed by atoms with Gasteiger partial charge in [-0.3, -0.25) is 0 Å². The van der Waals surface area contributed by atoms with E-state index in [-0.39, 0.29) is 11.1 Å². The highest BCUT2D eigenvalue weighted by Gasteiger charge is 2.32. The van der Waals surface area contributed by atoms with Crippen molar-refractivity contribution in [2.75, 3.05) is 0 Å². The summed E-state index contributed by atoms with van der Waals surface area (Å²) in [6.07, 6.45) is -1.43. The molecule has 9 heteroatoms. The third-order valence-corrected chi connectivity index (χ3v) is 3.92. The molecule has 0 aliphatic carbocycles. The zero-order valence-electron chi connectivity index (χ0n) is 12.9. The molecule has 0 saturated carbocycles. The van der Waals surface area contributed by atoms with Gasteiger partial charge in [0.15, 0.2) is 5.82 Å². The highest BCUT2D eigenvalue weighted by molar-refractivity contribution is 6.28. The Hall–Kier alpha value is -3.00. The van der Waals surface area contributed by atoms with Crippen LogP contribution in [-0.4, -0.2) is 24.7 Å². The van der Waals surface area contributed by atoms with E-state index < -0.39 is 11.9 Å². The molecule has 0 saturated heterocycles. The molecule has 0 aliphatic rings. The Labute approximate surface area is 150 Å². The summed E-state index contributed by atoms with van der Waals surface area (Å²) in [7, 11) is 0. The molecule has 0 fully saturated rings. The molecular weight excluding hydrogens is 367 g/mol. The van der Waals surface area contributed by atoms with E-state index in [1.54, 1.807) is 24.4 Å². The molecule has 0 radical (unpaired) electrons. The predicted molar refractivity (Wildman–Crippen MR) is 89.9 cm³/mol. The van der Waals surface area contributed by atoms with Crippen molar-refractivity contribution in [2.24, 2.45) is 0 Å². The lowest BCUT2D eigenvalue weighted by Crippen LogP contribution is -2.10. The number of nitrogens with zero attached hydrogens (tertiary/aromatic N) is 5. The summed E-state index contributed by atoms with van der Waals surface area (Å²) in [5.41, 5.74) is 0.952. The van der Waals surface area contributed by atoms with Gasteiger partial charge in [-0.15, -0.1) is 0 Å². The lowest BCUT2D eigenvalue weighted by molar-refractivity contribution is -0.141. The fraction of sp³-hybridized carbons (Fsp3) is 0.0588. The zero-order chi connectivity index (χ0) is 18.3. The Balaban J connectivity index is 1.86. The average Bonchev–Trinajstić information content (AvgIpc) is 3.04. The predicted octanol–water partition coefficient (Wildman–Crippen LogP) is 4.55. The molecule has 0 amide bonds. The van der Waals surface area contributed by atoms with Crippen molar-refractivity contribution in [2.45, 2.75) is 6.18 Å². The van der Waals surface area contributed by atoms with Crippen LogP contribution in [0.1, 0.15) is 5.69 Å². The number of alkyl halides is 3. The molecule has 0 spiro atoms. The monoisotopic (exact) mass is 375 g/mol. The summed E-state index contributed by atoms with van der Waals surface area (Å²) in [4.78, 5) is 11.7. The van der Waals surface area contributed by atoms with Gasteiger partial charge in [0.05, 0.1) is 17.4 Å². The molecule has 5 nitrogen and oxygen atoms in total. The Kier molecular flexibility index (Phi) is 3.84. The van der Waals surface area contributed by atoms with Crippen molar-refractivity contribution in [3.63, 3.8) is 0 Å². The minimum Gasteiger partial charge on any atom is -0.226 e. The first-order valence-electron chi connectivity index (χ1n) is 7.43. The third kappa shape index (κ3) is 2.99. The number of hydrogen-bond donors (Lipinski definition) is 0. The molecule has 26 heavy (non-hydrogen) atoms. The first-order chi connectivity index (χ1) is 12.4. The molecule has 4 aromatic rings. The number of benzene rings is 1. The number of halogens is 4. The Morgan fingerprint density at radius 3 is 2.62 bits per heavy atom. The summed E-state index contributed by atoms with van der Waals surface area (Å²) in [5, 5.41) is 5.03. The minimum absolute atomic E-state index is 0.0766. The average molecular weight is 376 g/mol. The second kappa shape index (κ2) is 6.06. The van der Waals surface area contributed by atoms with Gasteiger partial charge in [-0.05, 0) is 35.9 Å². The van der Waals surface area contributed by atoms with Crippen molar-refractivity contribution < 1.29 is 13.2 Å². The van der Waals surface area contributed by atoms with Crippen LogP contribution in [0.3, 0.4) is 0 Å². The first-order valence-corrected chi connectivity index (χ1v) is 7.81. The second-order valence-corrected chi connectivity index (χ2v) is 5.76. The van der Waals surface area contributed by atoms with Gasteiger partial charge in [0.2, 0.25) is 5.28 Å². The van der Waals surface area contributed by atoms with Gasteiger partial charge in [0.25, 0.3) is 0 Å². The van der Waals surface area contributed by atoms with E-state index in [2.05, 4.69) is 20.1 Å². The van der Waals surface area contributed by atoms with Crippen LogP contribution >= 0.6 is 11.6 Å². The molecule has 0 aliphatic heterocycles. The van der Waals surface area contributed by atoms with Crippen LogP contribution in [-0.2, 0) is 6.18 Å². The van der Waals surface area contributed by atoms with Crippen LogP contribution < -0.4 is 0 Å². The summed E-state index contributed by atoms with van der Waals surface area (Å²) < 4.78 is 40.1. The summed E-state index contributed by atoms with van der Waals surface area (Å²) in [6, 6.07) is 10.8. The third-order valence-electron chi connectivity index (χ3n) is 3.73. The van der Waals surface area contributed by atoms with Crippen molar-refractivity contribution in [3.8, 4) is 17.1 Å². The maximum absolute atomic E-state index is 12.9. The van der Waals surface area contributed by atoms with Crippen molar-refractivity contribution >= 4 is 22.5 Å². The zero-order valence-corrected chi connectivity index (χ0v) is 13.7. The van der Waals surface area contributed by atoms with E-state index in [1.165, 1.54) is 23.0 Å². The van der Waals surface area contributed by atoms with Crippen molar-refractivity contribution in [3.05, 3.63) is 65.8 Å². The smallest absolute Gasteiger partial charge is 0.226 e. The molecule has 4 rings (SSSR count). The van der Waals surface area contributed by atoms with Gasteiger partial charge >= 0.3 is 6.18 Å². The molecule has 1 aromatic carbocycles. The highest BCUT2D eigenvalue weighted by atomic mass is 35.5. The number of hydrogen-bond acceptors (Lipinski definition) is 4. The standard InChI is InChI=1S/C17H9ClF3N5/c18-16-22-7-6-12(24-16)10-4-5-11-9-23-26(13(11)8-10)15-3-1-2-14(25-15)17(19,20)21/h1-9H. The van der Waals surface area contributed by atoms with Crippen LogP contribution in [0.4, 0.5) is 13.2 Å². The second-order valence-electron chi connectivity index (χ2n) is 5.42. The highest BCUT2D eigenvalue weighted by Crippen LogP contribution is 2.29. The van der Waals surface area contributed by atoms with E-state index in [0.717, 1.165) is 17.0 Å². The van der Waals surface area contributed by atoms with E-state index >= 15 is 0 Å². The lowest BCUT2D eigenvalue weighted by atomic mass is 10.1. The number of fused-ring (bicyclic) bond motifs is 1. The molecule has 0 bridgehead atoms. The number of rotatable bonds is 2.